The van der Waals surface area contributed by atoms with Crippen molar-refractivity contribution in [2.24, 2.45) is 0 Å². The van der Waals surface area contributed by atoms with Crippen molar-refractivity contribution in [3.63, 3.8) is 0 Å². The lowest BCUT2D eigenvalue weighted by molar-refractivity contribution is -0.144. The third-order valence-electron chi connectivity index (χ3n) is 4.51. The summed E-state index contributed by atoms with van der Waals surface area (Å²) in [5.41, 5.74) is 1.05. The highest BCUT2D eigenvalue weighted by molar-refractivity contribution is 5.87. The molecule has 2 aromatic carbocycles. The molecular formula is C20H21NO4. The van der Waals surface area contributed by atoms with E-state index in [-0.39, 0.29) is 5.97 Å². The summed E-state index contributed by atoms with van der Waals surface area (Å²) >= 11 is 0. The van der Waals surface area contributed by atoms with Crippen LogP contribution in [-0.4, -0.2) is 18.7 Å². The lowest BCUT2D eigenvalue weighted by atomic mass is 9.64. The highest BCUT2D eigenvalue weighted by atomic mass is 16.5. The predicted octanol–water partition coefficient (Wildman–Crippen LogP) is 4.28. The van der Waals surface area contributed by atoms with Gasteiger partial charge in [0.25, 0.3) is 0 Å². The molecule has 5 heteroatoms. The van der Waals surface area contributed by atoms with E-state index in [1.54, 1.807) is 31.2 Å². The van der Waals surface area contributed by atoms with Gasteiger partial charge in [0.05, 0.1) is 12.0 Å². The zero-order valence-electron chi connectivity index (χ0n) is 14.2. The first kappa shape index (κ1) is 17.0. The lowest BCUT2D eigenvalue weighted by Gasteiger charge is -2.39. The molecule has 1 aliphatic carbocycles. The van der Waals surface area contributed by atoms with Crippen molar-refractivity contribution in [3.8, 4) is 5.75 Å². The van der Waals surface area contributed by atoms with Crippen LogP contribution in [0.3, 0.4) is 0 Å². The molecule has 0 saturated heterocycles. The minimum absolute atomic E-state index is 0.226. The molecule has 0 aliphatic heterocycles. The van der Waals surface area contributed by atoms with E-state index in [1.165, 1.54) is 0 Å². The van der Waals surface area contributed by atoms with Crippen molar-refractivity contribution < 1.29 is 19.1 Å². The Hall–Kier alpha value is -2.82. The summed E-state index contributed by atoms with van der Waals surface area (Å²) in [6.45, 7) is 2.05. The Morgan fingerprint density at radius 1 is 1.04 bits per heavy atom. The Bertz CT molecular complexity index is 736. The summed E-state index contributed by atoms with van der Waals surface area (Å²) in [6, 6.07) is 16.5. The number of carbonyl (C=O) groups excluding carboxylic acids is 2. The van der Waals surface area contributed by atoms with Crippen LogP contribution in [0.15, 0.2) is 54.6 Å². The van der Waals surface area contributed by atoms with Crippen LogP contribution in [0.25, 0.3) is 0 Å². The van der Waals surface area contributed by atoms with Gasteiger partial charge in [0.15, 0.2) is 0 Å². The zero-order chi connectivity index (χ0) is 17.7. The number of rotatable bonds is 5. The van der Waals surface area contributed by atoms with E-state index in [1.807, 2.05) is 30.3 Å². The number of hydrogen-bond donors (Lipinski definition) is 1. The van der Waals surface area contributed by atoms with Crippen LogP contribution in [0.5, 0.6) is 5.75 Å². The number of benzene rings is 2. The summed E-state index contributed by atoms with van der Waals surface area (Å²) < 4.78 is 10.4. The molecule has 0 heterocycles. The standard InChI is InChI=1S/C20H21NO4/c1-2-24-19(23)21-16-9-11-17(12-10-16)25-18(22)20(13-6-14-20)15-7-4-3-5-8-15/h3-5,7-12H,2,6,13-14H2,1H3,(H,21,23). The molecule has 1 fully saturated rings. The Balaban J connectivity index is 1.67. The number of esters is 1. The topological polar surface area (TPSA) is 64.6 Å². The molecule has 1 aliphatic rings. The Morgan fingerprint density at radius 3 is 2.28 bits per heavy atom. The van der Waals surface area contributed by atoms with Crippen molar-refractivity contribution in [1.82, 2.24) is 0 Å². The molecule has 0 aromatic heterocycles. The van der Waals surface area contributed by atoms with E-state index in [9.17, 15) is 9.59 Å². The second-order valence-electron chi connectivity index (χ2n) is 6.06. The van der Waals surface area contributed by atoms with Crippen LogP contribution in [0.2, 0.25) is 0 Å². The van der Waals surface area contributed by atoms with Crippen molar-refractivity contribution in [3.05, 3.63) is 60.2 Å². The van der Waals surface area contributed by atoms with E-state index in [0.717, 1.165) is 24.8 Å². The maximum atomic E-state index is 12.8. The number of hydrogen-bond acceptors (Lipinski definition) is 4. The van der Waals surface area contributed by atoms with Gasteiger partial charge in [0, 0.05) is 5.69 Å². The molecule has 1 amide bonds. The summed E-state index contributed by atoms with van der Waals surface area (Å²) in [5, 5.41) is 2.60. The molecule has 0 radical (unpaired) electrons. The molecule has 2 aromatic rings. The van der Waals surface area contributed by atoms with Gasteiger partial charge in [-0.25, -0.2) is 4.79 Å². The molecule has 0 unspecified atom stereocenters. The van der Waals surface area contributed by atoms with Gasteiger partial charge in [0.1, 0.15) is 5.75 Å². The van der Waals surface area contributed by atoms with Gasteiger partial charge in [-0.2, -0.15) is 0 Å². The first-order valence-corrected chi connectivity index (χ1v) is 8.46. The molecule has 3 rings (SSSR count). The molecule has 5 nitrogen and oxygen atoms in total. The molecule has 1 N–H and O–H groups in total. The van der Waals surface area contributed by atoms with Crippen LogP contribution in [0.4, 0.5) is 10.5 Å². The number of amides is 1. The largest absolute Gasteiger partial charge is 0.450 e. The first-order valence-electron chi connectivity index (χ1n) is 8.46. The van der Waals surface area contributed by atoms with Gasteiger partial charge in [-0.05, 0) is 49.6 Å². The number of anilines is 1. The van der Waals surface area contributed by atoms with Crippen molar-refractivity contribution >= 4 is 17.7 Å². The summed E-state index contributed by atoms with van der Waals surface area (Å²) in [6.07, 6.45) is 2.12. The fourth-order valence-corrected chi connectivity index (χ4v) is 2.99. The normalized spacial score (nSPS) is 14.9. The van der Waals surface area contributed by atoms with Crippen LogP contribution < -0.4 is 10.1 Å². The molecule has 25 heavy (non-hydrogen) atoms. The minimum atomic E-state index is -0.539. The Kier molecular flexibility index (Phi) is 5.03. The number of carbonyl (C=O) groups is 2. The quantitative estimate of drug-likeness (QED) is 0.652. The average molecular weight is 339 g/mol. The maximum Gasteiger partial charge on any atom is 0.411 e. The fraction of sp³-hybridized carbons (Fsp3) is 0.300. The highest BCUT2D eigenvalue weighted by Gasteiger charge is 2.47. The summed E-state index contributed by atoms with van der Waals surface area (Å²) in [4.78, 5) is 24.1. The van der Waals surface area contributed by atoms with E-state index in [0.29, 0.717) is 18.0 Å². The van der Waals surface area contributed by atoms with E-state index in [4.69, 9.17) is 9.47 Å². The monoisotopic (exact) mass is 339 g/mol. The number of nitrogens with one attached hydrogen (secondary N) is 1. The van der Waals surface area contributed by atoms with Gasteiger partial charge in [-0.1, -0.05) is 36.8 Å². The van der Waals surface area contributed by atoms with E-state index in [2.05, 4.69) is 5.32 Å². The molecule has 0 atom stereocenters. The lowest BCUT2D eigenvalue weighted by Crippen LogP contribution is -2.45. The predicted molar refractivity (Wildman–Crippen MR) is 94.7 cm³/mol. The van der Waals surface area contributed by atoms with Gasteiger partial charge in [0.2, 0.25) is 0 Å². The zero-order valence-corrected chi connectivity index (χ0v) is 14.2. The average Bonchev–Trinajstić information content (AvgIpc) is 2.57. The molecule has 1 saturated carbocycles. The molecule has 130 valence electrons. The van der Waals surface area contributed by atoms with Crippen molar-refractivity contribution in [2.45, 2.75) is 31.6 Å². The van der Waals surface area contributed by atoms with Gasteiger partial charge in [-0.15, -0.1) is 0 Å². The van der Waals surface area contributed by atoms with Crippen LogP contribution in [0, 0.1) is 0 Å². The fourth-order valence-electron chi connectivity index (χ4n) is 2.99. The minimum Gasteiger partial charge on any atom is -0.450 e. The summed E-state index contributed by atoms with van der Waals surface area (Å²) in [7, 11) is 0. The molecule has 0 spiro atoms. The number of ether oxygens (including phenoxy) is 2. The SMILES string of the molecule is CCOC(=O)Nc1ccc(OC(=O)C2(c3ccccc3)CCC2)cc1. The van der Waals surface area contributed by atoms with Crippen molar-refractivity contribution in [2.75, 3.05) is 11.9 Å². The van der Waals surface area contributed by atoms with Crippen molar-refractivity contribution in [1.29, 1.82) is 0 Å². The van der Waals surface area contributed by atoms with Gasteiger partial charge >= 0.3 is 12.1 Å². The second-order valence-corrected chi connectivity index (χ2v) is 6.06. The molecule has 0 bridgehead atoms. The molecular weight excluding hydrogens is 318 g/mol. The summed E-state index contributed by atoms with van der Waals surface area (Å²) in [5.74, 6) is 0.234. The highest BCUT2D eigenvalue weighted by Crippen LogP contribution is 2.44. The maximum absolute atomic E-state index is 12.8. The third-order valence-corrected chi connectivity index (χ3v) is 4.51. The van der Waals surface area contributed by atoms with Crippen LogP contribution in [-0.2, 0) is 14.9 Å². The van der Waals surface area contributed by atoms with Gasteiger partial charge in [-0.3, -0.25) is 10.1 Å². The first-order chi connectivity index (χ1) is 12.1. The Morgan fingerprint density at radius 2 is 1.72 bits per heavy atom. The van der Waals surface area contributed by atoms with Gasteiger partial charge < -0.3 is 9.47 Å². The second kappa shape index (κ2) is 7.38. The smallest absolute Gasteiger partial charge is 0.411 e. The van der Waals surface area contributed by atoms with E-state index < -0.39 is 11.5 Å². The van der Waals surface area contributed by atoms with Crippen LogP contribution in [0.1, 0.15) is 31.7 Å². The third kappa shape index (κ3) is 3.65. The Labute approximate surface area is 147 Å². The van der Waals surface area contributed by atoms with Crippen LogP contribution >= 0.6 is 0 Å². The van der Waals surface area contributed by atoms with E-state index >= 15 is 0 Å².